The van der Waals surface area contributed by atoms with Crippen LogP contribution in [-0.4, -0.2) is 41.6 Å². The van der Waals surface area contributed by atoms with Crippen molar-refractivity contribution in [1.29, 1.82) is 0 Å². The van der Waals surface area contributed by atoms with Gasteiger partial charge in [0.1, 0.15) is 0 Å². The normalized spacial score (nSPS) is 26.2. The molecule has 0 amide bonds. The Kier molecular flexibility index (Phi) is 3.30. The fraction of sp³-hybridized carbons (Fsp3) is 0.500. The fourth-order valence-electron chi connectivity index (χ4n) is 4.09. The van der Waals surface area contributed by atoms with E-state index < -0.39 is 0 Å². The summed E-state index contributed by atoms with van der Waals surface area (Å²) in [5.74, 6) is 0. The summed E-state index contributed by atoms with van der Waals surface area (Å²) in [7, 11) is 0. The van der Waals surface area contributed by atoms with Crippen LogP contribution >= 0.6 is 0 Å². The number of anilines is 1. The minimum atomic E-state index is 0.637. The third-order valence-electron chi connectivity index (χ3n) is 5.23. The molecular weight excluding hydrogens is 258 g/mol. The maximum Gasteiger partial charge on any atom is 0.0450 e. The second-order valence-electron chi connectivity index (χ2n) is 6.38. The standard InChI is InChI=1S/C18H23N3/c1-2-15-12-20-10-4-6-16(20)13-21(15)18-7-3-5-14-11-19-9-8-17(14)18/h3,5,7-9,11,15-16H,2,4,6,10,12-13H2,1H3. The van der Waals surface area contributed by atoms with Crippen LogP contribution < -0.4 is 4.90 Å². The van der Waals surface area contributed by atoms with E-state index in [4.69, 9.17) is 0 Å². The topological polar surface area (TPSA) is 19.4 Å². The van der Waals surface area contributed by atoms with Crippen LogP contribution in [0.25, 0.3) is 10.8 Å². The van der Waals surface area contributed by atoms with Crippen LogP contribution in [0, 0.1) is 0 Å². The van der Waals surface area contributed by atoms with E-state index in [1.165, 1.54) is 55.4 Å². The molecule has 2 fully saturated rings. The van der Waals surface area contributed by atoms with Crippen molar-refractivity contribution in [2.45, 2.75) is 38.3 Å². The first-order chi connectivity index (χ1) is 10.4. The molecule has 2 saturated heterocycles. The fourth-order valence-corrected chi connectivity index (χ4v) is 4.09. The Morgan fingerprint density at radius 3 is 3.10 bits per heavy atom. The van der Waals surface area contributed by atoms with Crippen LogP contribution in [0.15, 0.2) is 36.7 Å². The molecule has 1 aromatic heterocycles. The van der Waals surface area contributed by atoms with Crippen LogP contribution in [0.3, 0.4) is 0 Å². The second-order valence-corrected chi connectivity index (χ2v) is 6.38. The van der Waals surface area contributed by atoms with Gasteiger partial charge in [0.05, 0.1) is 0 Å². The van der Waals surface area contributed by atoms with E-state index in [0.717, 1.165) is 6.04 Å². The summed E-state index contributed by atoms with van der Waals surface area (Å²) in [6.45, 7) is 6.03. The number of benzene rings is 1. The van der Waals surface area contributed by atoms with Gasteiger partial charge in [0.25, 0.3) is 0 Å². The molecule has 2 aliphatic rings. The van der Waals surface area contributed by atoms with Gasteiger partial charge in [-0.3, -0.25) is 9.88 Å². The average Bonchev–Trinajstić information content (AvgIpc) is 3.00. The zero-order valence-electron chi connectivity index (χ0n) is 12.7. The predicted molar refractivity (Wildman–Crippen MR) is 87.8 cm³/mol. The van der Waals surface area contributed by atoms with Gasteiger partial charge in [0.15, 0.2) is 0 Å². The van der Waals surface area contributed by atoms with Crippen LogP contribution in [0.1, 0.15) is 26.2 Å². The van der Waals surface area contributed by atoms with Crippen LogP contribution in [0.2, 0.25) is 0 Å². The Balaban J connectivity index is 1.75. The lowest BCUT2D eigenvalue weighted by Gasteiger charge is -2.45. The van der Waals surface area contributed by atoms with E-state index in [1.807, 2.05) is 12.4 Å². The SMILES string of the molecule is CCC1CN2CCCC2CN1c1cccc2cnccc12. The number of hydrogen-bond donors (Lipinski definition) is 0. The van der Waals surface area contributed by atoms with Gasteiger partial charge in [0, 0.05) is 54.0 Å². The molecule has 1 aromatic carbocycles. The number of piperazine rings is 1. The molecule has 110 valence electrons. The molecule has 3 heteroatoms. The first-order valence-electron chi connectivity index (χ1n) is 8.20. The lowest BCUT2D eigenvalue weighted by Crippen LogP contribution is -2.56. The van der Waals surface area contributed by atoms with Crippen LogP contribution in [-0.2, 0) is 0 Å². The van der Waals surface area contributed by atoms with Crippen molar-refractivity contribution in [3.63, 3.8) is 0 Å². The monoisotopic (exact) mass is 281 g/mol. The van der Waals surface area contributed by atoms with Gasteiger partial charge in [-0.05, 0) is 37.9 Å². The summed E-state index contributed by atoms with van der Waals surface area (Å²) >= 11 is 0. The molecule has 2 atom stereocenters. The van der Waals surface area contributed by atoms with Crippen molar-refractivity contribution in [2.24, 2.45) is 0 Å². The van der Waals surface area contributed by atoms with Crippen molar-refractivity contribution >= 4 is 16.5 Å². The first kappa shape index (κ1) is 13.1. The molecule has 0 radical (unpaired) electrons. The van der Waals surface area contributed by atoms with Crippen molar-refractivity contribution in [1.82, 2.24) is 9.88 Å². The predicted octanol–water partition coefficient (Wildman–Crippen LogP) is 3.30. The van der Waals surface area contributed by atoms with Crippen molar-refractivity contribution < 1.29 is 0 Å². The lowest BCUT2D eigenvalue weighted by atomic mass is 10.0. The van der Waals surface area contributed by atoms with Gasteiger partial charge < -0.3 is 4.90 Å². The maximum absolute atomic E-state index is 4.26. The first-order valence-corrected chi connectivity index (χ1v) is 8.20. The van der Waals surface area contributed by atoms with E-state index in [2.05, 4.69) is 46.0 Å². The second kappa shape index (κ2) is 5.30. The molecule has 2 aliphatic heterocycles. The number of hydrogen-bond acceptors (Lipinski definition) is 3. The van der Waals surface area contributed by atoms with Gasteiger partial charge >= 0.3 is 0 Å². The van der Waals surface area contributed by atoms with Gasteiger partial charge in [-0.2, -0.15) is 0 Å². The number of pyridine rings is 1. The molecule has 0 bridgehead atoms. The summed E-state index contributed by atoms with van der Waals surface area (Å²) in [6, 6.07) is 10.2. The smallest absolute Gasteiger partial charge is 0.0450 e. The number of rotatable bonds is 2. The molecule has 0 saturated carbocycles. The Labute approximate surface area is 126 Å². The van der Waals surface area contributed by atoms with Crippen molar-refractivity contribution in [3.8, 4) is 0 Å². The number of fused-ring (bicyclic) bond motifs is 2. The van der Waals surface area contributed by atoms with E-state index in [1.54, 1.807) is 0 Å². The van der Waals surface area contributed by atoms with E-state index >= 15 is 0 Å². The third-order valence-corrected chi connectivity index (χ3v) is 5.23. The highest BCUT2D eigenvalue weighted by Crippen LogP contribution is 2.33. The lowest BCUT2D eigenvalue weighted by molar-refractivity contribution is 0.195. The molecule has 0 aliphatic carbocycles. The highest BCUT2D eigenvalue weighted by Gasteiger charge is 2.35. The largest absolute Gasteiger partial charge is 0.365 e. The minimum absolute atomic E-state index is 0.637. The summed E-state index contributed by atoms with van der Waals surface area (Å²) in [5, 5.41) is 2.59. The highest BCUT2D eigenvalue weighted by atomic mass is 15.3. The van der Waals surface area contributed by atoms with Crippen LogP contribution in [0.5, 0.6) is 0 Å². The van der Waals surface area contributed by atoms with Gasteiger partial charge in [-0.1, -0.05) is 19.1 Å². The number of nitrogens with zero attached hydrogens (tertiary/aromatic N) is 3. The van der Waals surface area contributed by atoms with Gasteiger partial charge in [0.2, 0.25) is 0 Å². The summed E-state index contributed by atoms with van der Waals surface area (Å²) in [4.78, 5) is 9.63. The third kappa shape index (κ3) is 2.20. The maximum atomic E-state index is 4.26. The Bertz CT molecular complexity index is 634. The van der Waals surface area contributed by atoms with E-state index in [0.29, 0.717) is 6.04 Å². The zero-order chi connectivity index (χ0) is 14.2. The van der Waals surface area contributed by atoms with Crippen LogP contribution in [0.4, 0.5) is 5.69 Å². The number of aromatic nitrogens is 1. The van der Waals surface area contributed by atoms with Gasteiger partial charge in [-0.25, -0.2) is 0 Å². The van der Waals surface area contributed by atoms with Crippen molar-refractivity contribution in [3.05, 3.63) is 36.7 Å². The van der Waals surface area contributed by atoms with Gasteiger partial charge in [-0.15, -0.1) is 0 Å². The summed E-state index contributed by atoms with van der Waals surface area (Å²) < 4.78 is 0. The molecule has 0 spiro atoms. The molecule has 2 unspecified atom stereocenters. The molecule has 3 nitrogen and oxygen atoms in total. The Morgan fingerprint density at radius 2 is 2.19 bits per heavy atom. The van der Waals surface area contributed by atoms with E-state index in [9.17, 15) is 0 Å². The molecule has 2 aromatic rings. The molecule has 0 N–H and O–H groups in total. The summed E-state index contributed by atoms with van der Waals surface area (Å²) in [5.41, 5.74) is 1.40. The molecular formula is C18H23N3. The van der Waals surface area contributed by atoms with Crippen molar-refractivity contribution in [2.75, 3.05) is 24.5 Å². The quantitative estimate of drug-likeness (QED) is 0.842. The molecule has 4 rings (SSSR count). The highest BCUT2D eigenvalue weighted by molar-refractivity contribution is 5.93. The average molecular weight is 281 g/mol. The molecule has 21 heavy (non-hydrogen) atoms. The summed E-state index contributed by atoms with van der Waals surface area (Å²) in [6.07, 6.45) is 7.84. The van der Waals surface area contributed by atoms with E-state index in [-0.39, 0.29) is 0 Å². The molecule has 3 heterocycles. The Morgan fingerprint density at radius 1 is 1.24 bits per heavy atom. The minimum Gasteiger partial charge on any atom is -0.365 e. The Hall–Kier alpha value is -1.61. The zero-order valence-corrected chi connectivity index (χ0v) is 12.7.